The Morgan fingerprint density at radius 2 is 2.12 bits per heavy atom. The molecule has 0 aliphatic heterocycles. The smallest absolute Gasteiger partial charge is 0.323 e. The second-order valence-corrected chi connectivity index (χ2v) is 3.65. The lowest BCUT2D eigenvalue weighted by atomic mass is 10.2. The average Bonchev–Trinajstić information content (AvgIpc) is 2.67. The highest BCUT2D eigenvalue weighted by atomic mass is 35.5. The van der Waals surface area contributed by atoms with E-state index in [1.807, 2.05) is 0 Å². The van der Waals surface area contributed by atoms with Crippen molar-refractivity contribution in [3.63, 3.8) is 0 Å². The van der Waals surface area contributed by atoms with Gasteiger partial charge in [-0.05, 0) is 6.07 Å². The lowest BCUT2D eigenvalue weighted by molar-refractivity contribution is 0.416. The van der Waals surface area contributed by atoms with Crippen LogP contribution in [0, 0.1) is 0 Å². The summed E-state index contributed by atoms with van der Waals surface area (Å²) in [6.07, 6.45) is 0. The summed E-state index contributed by atoms with van der Waals surface area (Å²) in [5.41, 5.74) is 7.08. The van der Waals surface area contributed by atoms with Crippen molar-refractivity contribution in [3.05, 3.63) is 22.6 Å². The topological polar surface area (TPSA) is 96.3 Å². The fourth-order valence-electron chi connectivity index (χ4n) is 1.49. The van der Waals surface area contributed by atoms with Gasteiger partial charge in [0.15, 0.2) is 0 Å². The molecule has 0 spiro atoms. The molecule has 1 heterocycles. The Labute approximate surface area is 101 Å². The third-order valence-corrected chi connectivity index (χ3v) is 2.49. The Bertz CT molecular complexity index is 629. The van der Waals surface area contributed by atoms with Crippen LogP contribution in [0.2, 0.25) is 0 Å². The Hall–Kier alpha value is -1.95. The molecule has 90 valence electrons. The summed E-state index contributed by atoms with van der Waals surface area (Å²) >= 11 is 5.56. The molecule has 2 rings (SSSR count). The van der Waals surface area contributed by atoms with E-state index >= 15 is 0 Å². The molecule has 0 saturated carbocycles. The van der Waals surface area contributed by atoms with Gasteiger partial charge in [0.2, 0.25) is 0 Å². The van der Waals surface area contributed by atoms with Crippen LogP contribution in [0.1, 0.15) is 0 Å². The number of nitrogens with two attached hydrogens (primary N) is 1. The number of ether oxygens (including phenoxy) is 1. The van der Waals surface area contributed by atoms with Crippen molar-refractivity contribution in [1.82, 2.24) is 9.97 Å². The van der Waals surface area contributed by atoms with Gasteiger partial charge in [-0.2, -0.15) is 0 Å². The van der Waals surface area contributed by atoms with Gasteiger partial charge in [-0.25, -0.2) is 9.79 Å². The normalized spacial score (nSPS) is 12.0. The zero-order valence-electron chi connectivity index (χ0n) is 9.08. The van der Waals surface area contributed by atoms with Crippen molar-refractivity contribution in [3.8, 4) is 5.75 Å². The van der Waals surface area contributed by atoms with Crippen LogP contribution in [0.3, 0.4) is 0 Å². The molecular weight excluding hydrogens is 244 g/mol. The molecule has 0 fully saturated rings. The zero-order chi connectivity index (χ0) is 12.4. The number of methoxy groups -OCH3 is 1. The number of hydrogen-bond acceptors (Lipinski definition) is 3. The monoisotopic (exact) mass is 254 g/mol. The molecule has 2 aromatic rings. The first-order valence-electron chi connectivity index (χ1n) is 4.83. The van der Waals surface area contributed by atoms with Gasteiger partial charge in [-0.3, -0.25) is 0 Å². The number of nitrogens with zero attached hydrogens (tertiary/aromatic N) is 1. The molecular formula is C10H11ClN4O2. The molecule has 0 aliphatic rings. The van der Waals surface area contributed by atoms with E-state index in [-0.39, 0.29) is 17.4 Å². The lowest BCUT2D eigenvalue weighted by Crippen LogP contribution is -2.12. The fourth-order valence-corrected chi connectivity index (χ4v) is 1.55. The first kappa shape index (κ1) is 11.5. The van der Waals surface area contributed by atoms with Gasteiger partial charge in [-0.1, -0.05) is 0 Å². The van der Waals surface area contributed by atoms with E-state index in [2.05, 4.69) is 15.0 Å². The quantitative estimate of drug-likeness (QED) is 0.435. The molecule has 0 amide bonds. The minimum atomic E-state index is -0.284. The number of fused-ring (bicyclic) bond motifs is 1. The largest absolute Gasteiger partial charge is 0.494 e. The summed E-state index contributed by atoms with van der Waals surface area (Å²) in [7, 11) is 1.52. The molecule has 1 aromatic carbocycles. The molecule has 6 nitrogen and oxygen atoms in total. The van der Waals surface area contributed by atoms with Crippen LogP contribution in [0.15, 0.2) is 21.9 Å². The molecule has 0 radical (unpaired) electrons. The molecule has 0 atom stereocenters. The number of rotatable bonds is 3. The number of hydrogen-bond donors (Lipinski definition) is 3. The Morgan fingerprint density at radius 1 is 1.47 bits per heavy atom. The number of aromatic amines is 2. The summed E-state index contributed by atoms with van der Waals surface area (Å²) < 4.78 is 5.17. The van der Waals surface area contributed by atoms with Crippen LogP contribution in [-0.2, 0) is 0 Å². The molecule has 0 saturated heterocycles. The number of amidine groups is 1. The summed E-state index contributed by atoms with van der Waals surface area (Å²) in [5, 5.41) is 0. The highest BCUT2D eigenvalue weighted by Crippen LogP contribution is 2.30. The number of imidazole rings is 1. The molecule has 0 bridgehead atoms. The minimum absolute atomic E-state index is 0.130. The molecule has 0 aliphatic carbocycles. The number of benzene rings is 1. The predicted octanol–water partition coefficient (Wildman–Crippen LogP) is 1.09. The maximum absolute atomic E-state index is 11.1. The first-order valence-corrected chi connectivity index (χ1v) is 5.36. The van der Waals surface area contributed by atoms with Crippen LogP contribution in [0.5, 0.6) is 5.75 Å². The minimum Gasteiger partial charge on any atom is -0.494 e. The van der Waals surface area contributed by atoms with E-state index in [0.29, 0.717) is 22.5 Å². The maximum Gasteiger partial charge on any atom is 0.323 e. The van der Waals surface area contributed by atoms with Gasteiger partial charge >= 0.3 is 5.69 Å². The van der Waals surface area contributed by atoms with E-state index in [1.54, 1.807) is 12.1 Å². The fraction of sp³-hybridized carbons (Fsp3) is 0.200. The van der Waals surface area contributed by atoms with Gasteiger partial charge in [0.1, 0.15) is 17.3 Å². The van der Waals surface area contributed by atoms with Crippen molar-refractivity contribution >= 4 is 34.2 Å². The maximum atomic E-state index is 11.1. The Morgan fingerprint density at radius 3 is 2.71 bits per heavy atom. The van der Waals surface area contributed by atoms with Crippen molar-refractivity contribution in [2.45, 2.75) is 0 Å². The van der Waals surface area contributed by atoms with Crippen molar-refractivity contribution in [1.29, 1.82) is 0 Å². The van der Waals surface area contributed by atoms with Crippen LogP contribution in [0.4, 0.5) is 5.69 Å². The third kappa shape index (κ3) is 2.26. The van der Waals surface area contributed by atoms with Crippen molar-refractivity contribution in [2.75, 3.05) is 13.0 Å². The second kappa shape index (κ2) is 4.50. The summed E-state index contributed by atoms with van der Waals surface area (Å²) in [4.78, 5) is 20.5. The summed E-state index contributed by atoms with van der Waals surface area (Å²) in [5.74, 6) is 0.924. The first-order chi connectivity index (χ1) is 8.13. The number of aromatic nitrogens is 2. The predicted molar refractivity (Wildman–Crippen MR) is 67.5 cm³/mol. The van der Waals surface area contributed by atoms with Gasteiger partial charge in [0.05, 0.1) is 24.0 Å². The lowest BCUT2D eigenvalue weighted by Gasteiger charge is -2.05. The van der Waals surface area contributed by atoms with Gasteiger partial charge < -0.3 is 20.4 Å². The Kier molecular flexibility index (Phi) is 3.06. The summed E-state index contributed by atoms with van der Waals surface area (Å²) in [6, 6.07) is 3.35. The highest BCUT2D eigenvalue weighted by Gasteiger charge is 2.07. The number of H-pyrrole nitrogens is 2. The van der Waals surface area contributed by atoms with Crippen LogP contribution in [0.25, 0.3) is 11.0 Å². The van der Waals surface area contributed by atoms with Gasteiger partial charge in [0.25, 0.3) is 0 Å². The number of aliphatic imine (C=N–C) groups is 1. The molecule has 1 aromatic heterocycles. The number of nitrogens with one attached hydrogen (secondary N) is 2. The molecule has 17 heavy (non-hydrogen) atoms. The molecule has 0 unspecified atom stereocenters. The third-order valence-electron chi connectivity index (χ3n) is 2.22. The average molecular weight is 255 g/mol. The second-order valence-electron chi connectivity index (χ2n) is 3.39. The summed E-state index contributed by atoms with van der Waals surface area (Å²) in [6.45, 7) is 0. The van der Waals surface area contributed by atoms with Crippen molar-refractivity contribution in [2.24, 2.45) is 10.7 Å². The van der Waals surface area contributed by atoms with E-state index in [1.165, 1.54) is 7.11 Å². The molecule has 7 heteroatoms. The zero-order valence-corrected chi connectivity index (χ0v) is 9.84. The van der Waals surface area contributed by atoms with E-state index in [4.69, 9.17) is 22.1 Å². The van der Waals surface area contributed by atoms with E-state index in [0.717, 1.165) is 0 Å². The van der Waals surface area contributed by atoms with Crippen LogP contribution in [-0.4, -0.2) is 28.8 Å². The number of alkyl halides is 1. The number of halogens is 1. The molecule has 4 N–H and O–H groups in total. The van der Waals surface area contributed by atoms with Gasteiger partial charge in [0, 0.05) is 6.07 Å². The van der Waals surface area contributed by atoms with Crippen LogP contribution >= 0.6 is 11.6 Å². The highest BCUT2D eigenvalue weighted by molar-refractivity contribution is 6.28. The van der Waals surface area contributed by atoms with E-state index in [9.17, 15) is 4.79 Å². The van der Waals surface area contributed by atoms with Gasteiger partial charge in [-0.15, -0.1) is 11.6 Å². The SMILES string of the molecule is COc1cc2[nH]c(=O)[nH]c2cc1N=C(N)CCl. The van der Waals surface area contributed by atoms with Crippen LogP contribution < -0.4 is 16.2 Å². The Balaban J connectivity index is 2.64. The van der Waals surface area contributed by atoms with E-state index < -0.39 is 0 Å². The van der Waals surface area contributed by atoms with Crippen molar-refractivity contribution < 1.29 is 4.74 Å². The standard InChI is InChI=1S/C10H11ClN4O2/c1-17-8-3-6-5(14-10(16)15-6)2-7(8)13-9(12)4-11/h2-3H,4H2,1H3,(H2,12,13)(H2,14,15,16).